The molecule has 21 heavy (non-hydrogen) atoms. The lowest BCUT2D eigenvalue weighted by molar-refractivity contribution is 0.814. The highest BCUT2D eigenvalue weighted by atomic mass is 15.3. The Morgan fingerprint density at radius 1 is 1.10 bits per heavy atom. The zero-order valence-corrected chi connectivity index (χ0v) is 12.7. The average Bonchev–Trinajstić information content (AvgIpc) is 2.86. The molecule has 0 fully saturated rings. The summed E-state index contributed by atoms with van der Waals surface area (Å²) in [6, 6.07) is 14.7. The number of aromatic nitrogens is 2. The predicted molar refractivity (Wildman–Crippen MR) is 88.8 cm³/mol. The fourth-order valence-corrected chi connectivity index (χ4v) is 2.58. The molecule has 108 valence electrons. The average molecular weight is 280 g/mol. The highest BCUT2D eigenvalue weighted by Gasteiger charge is 2.08. The van der Waals surface area contributed by atoms with Gasteiger partial charge in [0.25, 0.3) is 0 Å². The summed E-state index contributed by atoms with van der Waals surface area (Å²) in [7, 11) is 6.05. The maximum Gasteiger partial charge on any atom is 0.204 e. The molecule has 0 saturated heterocycles. The van der Waals surface area contributed by atoms with Crippen LogP contribution in [0.15, 0.2) is 48.7 Å². The van der Waals surface area contributed by atoms with E-state index in [1.165, 1.54) is 10.8 Å². The number of fused-ring (bicyclic) bond motifs is 1. The molecule has 4 nitrogen and oxygen atoms in total. The molecule has 0 radical (unpaired) electrons. The van der Waals surface area contributed by atoms with Crippen molar-refractivity contribution in [1.82, 2.24) is 9.55 Å². The zero-order chi connectivity index (χ0) is 14.8. The van der Waals surface area contributed by atoms with E-state index in [9.17, 15) is 0 Å². The molecule has 2 aromatic carbocycles. The molecule has 0 unspecified atom stereocenters. The van der Waals surface area contributed by atoms with Crippen LogP contribution in [-0.4, -0.2) is 23.6 Å². The summed E-state index contributed by atoms with van der Waals surface area (Å²) in [5.74, 6) is 0.963. The largest absolute Gasteiger partial charge is 0.379 e. The fraction of sp³-hybridized carbons (Fsp3) is 0.235. The third-order valence-corrected chi connectivity index (χ3v) is 3.71. The second kappa shape index (κ2) is 5.48. The number of benzene rings is 2. The fourth-order valence-electron chi connectivity index (χ4n) is 2.58. The summed E-state index contributed by atoms with van der Waals surface area (Å²) in [4.78, 5) is 6.45. The second-order valence-electron chi connectivity index (χ2n) is 5.38. The summed E-state index contributed by atoms with van der Waals surface area (Å²) in [6.45, 7) is 0.755. The molecule has 1 heterocycles. The first kappa shape index (κ1) is 13.5. The lowest BCUT2D eigenvalue weighted by Crippen LogP contribution is -2.15. The predicted octanol–water partition coefficient (Wildman–Crippen LogP) is 3.25. The normalized spacial score (nSPS) is 10.8. The first-order chi connectivity index (χ1) is 10.2. The van der Waals surface area contributed by atoms with Gasteiger partial charge in [-0.15, -0.1) is 0 Å². The molecule has 0 aliphatic heterocycles. The lowest BCUT2D eigenvalue weighted by atomic mass is 10.1. The number of rotatable bonds is 4. The molecular formula is C17H20N4. The monoisotopic (exact) mass is 280 g/mol. The van der Waals surface area contributed by atoms with Crippen molar-refractivity contribution in [3.05, 3.63) is 54.4 Å². The first-order valence-electron chi connectivity index (χ1n) is 7.06. The lowest BCUT2D eigenvalue weighted by Gasteiger charge is -2.14. The van der Waals surface area contributed by atoms with Crippen LogP contribution in [0.1, 0.15) is 5.69 Å². The quantitative estimate of drug-likeness (QED) is 0.796. The van der Waals surface area contributed by atoms with Crippen molar-refractivity contribution in [2.24, 2.45) is 7.05 Å². The molecule has 3 rings (SSSR count). The molecule has 1 N–H and O–H groups in total. The molecule has 0 atom stereocenters. The Balaban J connectivity index is 1.84. The molecule has 1 aromatic heterocycles. The van der Waals surface area contributed by atoms with Crippen molar-refractivity contribution in [1.29, 1.82) is 0 Å². The molecule has 0 spiro atoms. The van der Waals surface area contributed by atoms with Gasteiger partial charge in [0.05, 0.1) is 18.4 Å². The molecule has 4 heteroatoms. The number of hydrogen-bond donors (Lipinski definition) is 1. The Morgan fingerprint density at radius 3 is 2.62 bits per heavy atom. The Morgan fingerprint density at radius 2 is 1.86 bits per heavy atom. The first-order valence-corrected chi connectivity index (χ1v) is 7.06. The Bertz CT molecular complexity index is 753. The van der Waals surface area contributed by atoms with Crippen LogP contribution in [0.3, 0.4) is 0 Å². The van der Waals surface area contributed by atoms with Crippen molar-refractivity contribution in [3.8, 4) is 0 Å². The van der Waals surface area contributed by atoms with Gasteiger partial charge in [0.2, 0.25) is 5.95 Å². The molecule has 0 amide bonds. The van der Waals surface area contributed by atoms with Gasteiger partial charge < -0.3 is 14.8 Å². The Labute approximate surface area is 125 Å². The van der Waals surface area contributed by atoms with Crippen LogP contribution in [0.2, 0.25) is 0 Å². The van der Waals surface area contributed by atoms with Gasteiger partial charge in [-0.2, -0.15) is 0 Å². The summed E-state index contributed by atoms with van der Waals surface area (Å²) >= 11 is 0. The highest BCUT2D eigenvalue weighted by molar-refractivity contribution is 5.93. The smallest absolute Gasteiger partial charge is 0.204 e. The zero-order valence-electron chi connectivity index (χ0n) is 12.7. The maximum atomic E-state index is 4.44. The van der Waals surface area contributed by atoms with Crippen molar-refractivity contribution in [2.45, 2.75) is 6.54 Å². The molecule has 0 saturated carbocycles. The maximum absolute atomic E-state index is 4.44. The molecule has 0 aliphatic rings. The van der Waals surface area contributed by atoms with E-state index in [-0.39, 0.29) is 0 Å². The standard InChI is InChI=1S/C17H20N4/c1-20(2)17-19-12-14(21(17)3)11-18-16-10-6-8-13-7-4-5-9-15(13)16/h4-10,12,18H,11H2,1-3H3. The van der Waals surface area contributed by atoms with E-state index in [0.717, 1.165) is 23.9 Å². The van der Waals surface area contributed by atoms with E-state index < -0.39 is 0 Å². The van der Waals surface area contributed by atoms with Crippen LogP contribution in [-0.2, 0) is 13.6 Å². The molecule has 0 bridgehead atoms. The van der Waals surface area contributed by atoms with E-state index in [1.54, 1.807) is 0 Å². The Kier molecular flexibility index (Phi) is 3.52. The molecular weight excluding hydrogens is 260 g/mol. The number of anilines is 2. The van der Waals surface area contributed by atoms with Gasteiger partial charge in [0.15, 0.2) is 0 Å². The minimum absolute atomic E-state index is 0.755. The van der Waals surface area contributed by atoms with E-state index in [0.29, 0.717) is 0 Å². The van der Waals surface area contributed by atoms with Gasteiger partial charge in [-0.3, -0.25) is 0 Å². The molecule has 0 aliphatic carbocycles. The number of nitrogens with one attached hydrogen (secondary N) is 1. The van der Waals surface area contributed by atoms with E-state index in [1.807, 2.05) is 32.2 Å². The highest BCUT2D eigenvalue weighted by Crippen LogP contribution is 2.23. The third-order valence-electron chi connectivity index (χ3n) is 3.71. The minimum atomic E-state index is 0.755. The number of imidazole rings is 1. The summed E-state index contributed by atoms with van der Waals surface area (Å²) in [6.07, 6.45) is 1.92. The number of nitrogens with zero attached hydrogens (tertiary/aromatic N) is 3. The van der Waals surface area contributed by atoms with E-state index in [2.05, 4.69) is 57.3 Å². The van der Waals surface area contributed by atoms with E-state index >= 15 is 0 Å². The number of hydrogen-bond acceptors (Lipinski definition) is 3. The van der Waals surface area contributed by atoms with Crippen LogP contribution in [0, 0.1) is 0 Å². The summed E-state index contributed by atoms with van der Waals surface area (Å²) < 4.78 is 2.11. The van der Waals surface area contributed by atoms with Gasteiger partial charge in [-0.05, 0) is 11.5 Å². The summed E-state index contributed by atoms with van der Waals surface area (Å²) in [5, 5.41) is 6.01. The second-order valence-corrected chi connectivity index (χ2v) is 5.38. The van der Waals surface area contributed by atoms with Gasteiger partial charge in [-0.1, -0.05) is 36.4 Å². The van der Waals surface area contributed by atoms with Crippen LogP contribution in [0.25, 0.3) is 10.8 Å². The third kappa shape index (κ3) is 2.57. The van der Waals surface area contributed by atoms with Crippen LogP contribution < -0.4 is 10.2 Å². The van der Waals surface area contributed by atoms with Gasteiger partial charge >= 0.3 is 0 Å². The Hall–Kier alpha value is -2.49. The molecule has 3 aromatic rings. The van der Waals surface area contributed by atoms with Gasteiger partial charge in [0.1, 0.15) is 0 Å². The van der Waals surface area contributed by atoms with Crippen LogP contribution in [0.5, 0.6) is 0 Å². The van der Waals surface area contributed by atoms with Crippen molar-refractivity contribution in [2.75, 3.05) is 24.3 Å². The minimum Gasteiger partial charge on any atom is -0.379 e. The van der Waals surface area contributed by atoms with Crippen molar-refractivity contribution in [3.63, 3.8) is 0 Å². The van der Waals surface area contributed by atoms with Crippen molar-refractivity contribution >= 4 is 22.4 Å². The summed E-state index contributed by atoms with van der Waals surface area (Å²) in [5.41, 5.74) is 2.31. The van der Waals surface area contributed by atoms with Crippen molar-refractivity contribution < 1.29 is 0 Å². The van der Waals surface area contributed by atoms with Gasteiger partial charge in [-0.25, -0.2) is 4.98 Å². The SMILES string of the molecule is CN(C)c1ncc(CNc2cccc3ccccc23)n1C. The van der Waals surface area contributed by atoms with Crippen LogP contribution in [0.4, 0.5) is 11.6 Å². The topological polar surface area (TPSA) is 33.1 Å². The van der Waals surface area contributed by atoms with E-state index in [4.69, 9.17) is 0 Å². The van der Waals surface area contributed by atoms with Crippen LogP contribution >= 0.6 is 0 Å². The van der Waals surface area contributed by atoms with Gasteiger partial charge in [0, 0.05) is 32.2 Å².